The van der Waals surface area contributed by atoms with Crippen molar-refractivity contribution in [3.05, 3.63) is 175 Å². The minimum Gasteiger partial charge on any atom is -0.309 e. The van der Waals surface area contributed by atoms with Crippen LogP contribution in [0.25, 0.3) is 83.7 Å². The van der Waals surface area contributed by atoms with E-state index in [0.717, 1.165) is 72.1 Å². The summed E-state index contributed by atoms with van der Waals surface area (Å²) >= 11 is 0. The van der Waals surface area contributed by atoms with Crippen LogP contribution in [-0.4, -0.2) is 23.7 Å². The fourth-order valence-corrected chi connectivity index (χ4v) is 7.52. The van der Waals surface area contributed by atoms with E-state index in [0.29, 0.717) is 17.2 Å². The molecule has 0 N–H and O–H groups in total. The van der Waals surface area contributed by atoms with Crippen LogP contribution in [0.5, 0.6) is 0 Å². The van der Waals surface area contributed by atoms with Crippen molar-refractivity contribution in [1.29, 1.82) is 5.26 Å². The van der Waals surface area contributed by atoms with Crippen LogP contribution in [0.1, 0.15) is 5.56 Å². The molecule has 0 saturated heterocycles. The van der Waals surface area contributed by atoms with Crippen molar-refractivity contribution >= 4 is 43.9 Å². The van der Waals surface area contributed by atoms with Gasteiger partial charge in [0.25, 0.3) is 0 Å². The second kappa shape index (κ2) is 11.4. The van der Waals surface area contributed by atoms with E-state index in [1.54, 1.807) is 0 Å². The molecule has 51 heavy (non-hydrogen) atoms. The van der Waals surface area contributed by atoms with Crippen LogP contribution >= 0.6 is 0 Å². The lowest BCUT2D eigenvalue weighted by molar-refractivity contribution is 1.08. The average molecular weight is 653 g/mol. The summed E-state index contributed by atoms with van der Waals surface area (Å²) < 4.78 is 6.61. The smallest absolute Gasteiger partial charge is 0.147 e. The molecular weight excluding hydrogens is 625 g/mol. The van der Waals surface area contributed by atoms with Gasteiger partial charge in [0.2, 0.25) is 0 Å². The molecule has 0 bridgehead atoms. The molecule has 6 nitrogen and oxygen atoms in total. The molecule has 0 fully saturated rings. The Morgan fingerprint density at radius 2 is 0.784 bits per heavy atom. The minimum absolute atomic E-state index is 0.500. The molecule has 0 aliphatic rings. The summed E-state index contributed by atoms with van der Waals surface area (Å²) in [5.41, 5.74) is 10.6. The SMILES string of the molecule is N#Cc1c(-c2nc3ccccc3n2-c2ccccc2)cc(-n2c3ccccc3c3ccccc32)cc1-c1nc2ccccc2n1-c1ccccc1. The van der Waals surface area contributed by atoms with E-state index >= 15 is 0 Å². The van der Waals surface area contributed by atoms with Crippen molar-refractivity contribution in [3.63, 3.8) is 0 Å². The van der Waals surface area contributed by atoms with Crippen molar-refractivity contribution in [3.8, 4) is 45.9 Å². The van der Waals surface area contributed by atoms with Crippen molar-refractivity contribution in [2.75, 3.05) is 0 Å². The zero-order chi connectivity index (χ0) is 33.9. The highest BCUT2D eigenvalue weighted by Crippen LogP contribution is 2.41. The molecule has 10 rings (SSSR count). The summed E-state index contributed by atoms with van der Waals surface area (Å²) in [6, 6.07) is 60.6. The first-order chi connectivity index (χ1) is 25.3. The summed E-state index contributed by atoms with van der Waals surface area (Å²) in [5, 5.41) is 13.6. The highest BCUT2D eigenvalue weighted by Gasteiger charge is 2.26. The molecule has 3 aromatic heterocycles. The van der Waals surface area contributed by atoms with Crippen molar-refractivity contribution < 1.29 is 0 Å². The minimum atomic E-state index is 0.500. The largest absolute Gasteiger partial charge is 0.309 e. The van der Waals surface area contributed by atoms with Crippen molar-refractivity contribution in [1.82, 2.24) is 23.7 Å². The predicted octanol–water partition coefficient (Wildman–Crippen LogP) is 10.7. The van der Waals surface area contributed by atoms with Crippen LogP contribution in [0.15, 0.2) is 170 Å². The number of rotatable bonds is 5. The standard InChI is InChI=1S/C45H28N6/c46-29-37-35(44-47-38-21-9-13-25-42(38)50(44)30-15-3-1-4-16-30)27-32(49-40-23-11-7-19-33(40)34-20-8-12-24-41(34)49)28-36(37)45-48-39-22-10-14-26-43(39)51(45)31-17-5-2-6-18-31/h1-28H. The highest BCUT2D eigenvalue weighted by molar-refractivity contribution is 6.09. The van der Waals surface area contributed by atoms with Gasteiger partial charge in [-0.2, -0.15) is 5.26 Å². The van der Waals surface area contributed by atoms with Gasteiger partial charge in [0.15, 0.2) is 0 Å². The maximum atomic E-state index is 11.2. The van der Waals surface area contributed by atoms with Crippen LogP contribution < -0.4 is 0 Å². The van der Waals surface area contributed by atoms with E-state index in [4.69, 9.17) is 9.97 Å². The van der Waals surface area contributed by atoms with Crippen LogP contribution in [-0.2, 0) is 0 Å². The molecule has 6 heteroatoms. The molecule has 0 radical (unpaired) electrons. The topological polar surface area (TPSA) is 64.4 Å². The molecule has 7 aromatic carbocycles. The summed E-state index contributed by atoms with van der Waals surface area (Å²) in [5.74, 6) is 1.37. The Hall–Kier alpha value is -7.23. The number of fused-ring (bicyclic) bond motifs is 5. The molecule has 0 aliphatic carbocycles. The Labute approximate surface area is 293 Å². The van der Waals surface area contributed by atoms with E-state index in [1.165, 1.54) is 0 Å². The number of nitriles is 1. The molecule has 3 heterocycles. The van der Waals surface area contributed by atoms with Crippen LogP contribution in [0.4, 0.5) is 0 Å². The molecule has 0 atom stereocenters. The number of para-hydroxylation sites is 8. The summed E-state index contributed by atoms with van der Waals surface area (Å²) in [6.07, 6.45) is 0. The summed E-state index contributed by atoms with van der Waals surface area (Å²) in [4.78, 5) is 10.5. The Morgan fingerprint density at radius 3 is 1.24 bits per heavy atom. The Balaban J connectivity index is 1.38. The van der Waals surface area contributed by atoms with Crippen LogP contribution in [0.3, 0.4) is 0 Å². The van der Waals surface area contributed by atoms with Gasteiger partial charge in [-0.1, -0.05) is 97.1 Å². The molecule has 10 aromatic rings. The predicted molar refractivity (Wildman–Crippen MR) is 206 cm³/mol. The number of benzene rings is 7. The molecule has 238 valence electrons. The van der Waals surface area contributed by atoms with Gasteiger partial charge >= 0.3 is 0 Å². The zero-order valence-electron chi connectivity index (χ0n) is 27.3. The second-order valence-electron chi connectivity index (χ2n) is 12.6. The normalized spacial score (nSPS) is 11.5. The highest BCUT2D eigenvalue weighted by atomic mass is 15.1. The first-order valence-electron chi connectivity index (χ1n) is 16.9. The first-order valence-corrected chi connectivity index (χ1v) is 16.9. The zero-order valence-corrected chi connectivity index (χ0v) is 27.3. The van der Waals surface area contributed by atoms with E-state index in [2.05, 4.69) is 117 Å². The number of hydrogen-bond donors (Lipinski definition) is 0. The Bertz CT molecular complexity index is 2790. The average Bonchev–Trinajstić information content (AvgIpc) is 3.88. The van der Waals surface area contributed by atoms with Gasteiger partial charge in [0.05, 0.1) is 38.7 Å². The number of nitrogens with zero attached hydrogens (tertiary/aromatic N) is 6. The van der Waals surface area contributed by atoms with Gasteiger partial charge in [-0.25, -0.2) is 9.97 Å². The van der Waals surface area contributed by atoms with Crippen molar-refractivity contribution in [2.24, 2.45) is 0 Å². The van der Waals surface area contributed by atoms with Gasteiger partial charge < -0.3 is 4.57 Å². The van der Waals surface area contributed by atoms with Gasteiger partial charge in [-0.15, -0.1) is 0 Å². The van der Waals surface area contributed by atoms with Gasteiger partial charge in [0.1, 0.15) is 17.7 Å². The fourth-order valence-electron chi connectivity index (χ4n) is 7.52. The Kier molecular flexibility index (Phi) is 6.45. The van der Waals surface area contributed by atoms with Crippen LogP contribution in [0, 0.1) is 11.3 Å². The van der Waals surface area contributed by atoms with Gasteiger partial charge in [-0.05, 0) is 72.8 Å². The molecule has 0 amide bonds. The maximum absolute atomic E-state index is 11.2. The lowest BCUT2D eigenvalue weighted by Crippen LogP contribution is -2.05. The van der Waals surface area contributed by atoms with E-state index < -0.39 is 0 Å². The summed E-state index contributed by atoms with van der Waals surface area (Å²) in [7, 11) is 0. The summed E-state index contributed by atoms with van der Waals surface area (Å²) in [6.45, 7) is 0. The fraction of sp³-hybridized carbons (Fsp3) is 0. The molecule has 0 saturated carbocycles. The first kappa shape index (κ1) is 28.8. The third-order valence-corrected chi connectivity index (χ3v) is 9.71. The molecular formula is C45H28N6. The van der Waals surface area contributed by atoms with Crippen LogP contribution in [0.2, 0.25) is 0 Å². The van der Waals surface area contributed by atoms with Gasteiger partial charge in [-0.3, -0.25) is 9.13 Å². The quantitative estimate of drug-likeness (QED) is 0.186. The second-order valence-corrected chi connectivity index (χ2v) is 12.6. The molecule has 0 aliphatic heterocycles. The third kappa shape index (κ3) is 4.42. The maximum Gasteiger partial charge on any atom is 0.147 e. The Morgan fingerprint density at radius 1 is 0.392 bits per heavy atom. The molecule has 0 unspecified atom stereocenters. The van der Waals surface area contributed by atoms with E-state index in [-0.39, 0.29) is 0 Å². The number of imidazole rings is 2. The van der Waals surface area contributed by atoms with Crippen molar-refractivity contribution in [2.45, 2.75) is 0 Å². The third-order valence-electron chi connectivity index (χ3n) is 9.71. The van der Waals surface area contributed by atoms with E-state index in [9.17, 15) is 5.26 Å². The van der Waals surface area contributed by atoms with E-state index in [1.807, 2.05) is 72.8 Å². The monoisotopic (exact) mass is 652 g/mol. The molecule has 0 spiro atoms. The number of aromatic nitrogens is 5. The number of hydrogen-bond acceptors (Lipinski definition) is 3. The lowest BCUT2D eigenvalue weighted by atomic mass is 9.98. The lowest BCUT2D eigenvalue weighted by Gasteiger charge is -2.18. The van der Waals surface area contributed by atoms with Gasteiger partial charge in [0, 0.05) is 39.0 Å².